The Morgan fingerprint density at radius 3 is 1.13 bits per heavy atom. The van der Waals surface area contributed by atoms with Gasteiger partial charge in [-0.1, -0.05) is 288 Å². The summed E-state index contributed by atoms with van der Waals surface area (Å²) >= 11 is 0. The number of rotatable bonds is 58. The van der Waals surface area contributed by atoms with Crippen LogP contribution in [0.25, 0.3) is 0 Å². The van der Waals surface area contributed by atoms with E-state index in [4.69, 9.17) is 4.74 Å². The lowest BCUT2D eigenvalue weighted by Crippen LogP contribution is -2.45. The van der Waals surface area contributed by atoms with Gasteiger partial charge in [-0.15, -0.1) is 0 Å². The highest BCUT2D eigenvalue weighted by Crippen LogP contribution is 2.18. The lowest BCUT2D eigenvalue weighted by molar-refractivity contribution is -0.143. The van der Waals surface area contributed by atoms with E-state index in [2.05, 4.69) is 49.5 Å². The second kappa shape index (κ2) is 59.6. The first kappa shape index (κ1) is 68.1. The van der Waals surface area contributed by atoms with Crippen molar-refractivity contribution in [3.05, 3.63) is 36.5 Å². The van der Waals surface area contributed by atoms with Gasteiger partial charge >= 0.3 is 5.97 Å². The molecular weight excluding hydrogens is 863 g/mol. The fraction of sp³-hybridized carbons (Fsp3) is 0.875. The summed E-state index contributed by atoms with van der Waals surface area (Å²) < 4.78 is 5.46. The minimum atomic E-state index is -0.701. The average Bonchev–Trinajstić information content (AvgIpc) is 3.36. The number of nitrogens with one attached hydrogen (secondary N) is 1. The predicted octanol–water partition coefficient (Wildman–Crippen LogP) is 19.6. The van der Waals surface area contributed by atoms with E-state index >= 15 is 0 Å². The van der Waals surface area contributed by atoms with Gasteiger partial charge in [-0.05, 0) is 70.6 Å². The molecule has 70 heavy (non-hydrogen) atoms. The molecule has 0 aliphatic carbocycles. The number of hydrogen-bond acceptors (Lipinski definition) is 5. The van der Waals surface area contributed by atoms with Crippen LogP contribution in [0.3, 0.4) is 0 Å². The third-order valence-corrected chi connectivity index (χ3v) is 14.4. The van der Waals surface area contributed by atoms with Crippen molar-refractivity contribution >= 4 is 11.9 Å². The molecule has 0 aliphatic rings. The summed E-state index contributed by atoms with van der Waals surface area (Å²) in [5, 5.41) is 23.3. The molecule has 3 N–H and O–H groups in total. The number of ether oxygens (including phenoxy) is 1. The van der Waals surface area contributed by atoms with Crippen molar-refractivity contribution in [2.45, 2.75) is 347 Å². The molecule has 0 aromatic carbocycles. The zero-order valence-electron chi connectivity index (χ0n) is 47.0. The van der Waals surface area contributed by atoms with E-state index in [1.807, 2.05) is 6.08 Å². The highest BCUT2D eigenvalue weighted by Gasteiger charge is 2.20. The lowest BCUT2D eigenvalue weighted by atomic mass is 10.0. The van der Waals surface area contributed by atoms with E-state index in [-0.39, 0.29) is 18.5 Å². The van der Waals surface area contributed by atoms with Crippen LogP contribution in [0.5, 0.6) is 0 Å². The van der Waals surface area contributed by atoms with Gasteiger partial charge in [-0.3, -0.25) is 9.59 Å². The van der Waals surface area contributed by atoms with E-state index in [9.17, 15) is 19.8 Å². The van der Waals surface area contributed by atoms with Gasteiger partial charge in [0.15, 0.2) is 0 Å². The molecule has 0 saturated carbocycles. The quantitative estimate of drug-likeness (QED) is 0.0321. The molecule has 1 amide bonds. The van der Waals surface area contributed by atoms with E-state index in [1.165, 1.54) is 244 Å². The molecule has 0 bridgehead atoms. The van der Waals surface area contributed by atoms with Crippen molar-refractivity contribution in [2.75, 3.05) is 13.2 Å². The summed E-state index contributed by atoms with van der Waals surface area (Å²) in [5.41, 5.74) is 0. The van der Waals surface area contributed by atoms with Gasteiger partial charge in [0.05, 0.1) is 25.4 Å². The fourth-order valence-corrected chi connectivity index (χ4v) is 9.63. The Hall–Kier alpha value is -1.92. The van der Waals surface area contributed by atoms with Crippen LogP contribution in [0.2, 0.25) is 0 Å². The van der Waals surface area contributed by atoms with E-state index in [0.29, 0.717) is 32.3 Å². The van der Waals surface area contributed by atoms with Gasteiger partial charge in [0, 0.05) is 12.8 Å². The Morgan fingerprint density at radius 2 is 0.729 bits per heavy atom. The second-order valence-electron chi connectivity index (χ2n) is 21.4. The Balaban J connectivity index is 3.52. The average molecular weight is 985 g/mol. The van der Waals surface area contributed by atoms with Gasteiger partial charge in [0.2, 0.25) is 5.91 Å². The van der Waals surface area contributed by atoms with Crippen LogP contribution in [-0.4, -0.2) is 47.4 Å². The van der Waals surface area contributed by atoms with Gasteiger partial charge in [-0.2, -0.15) is 0 Å². The van der Waals surface area contributed by atoms with Crippen molar-refractivity contribution in [3.8, 4) is 0 Å². The first-order valence-electron chi connectivity index (χ1n) is 31.2. The molecule has 0 rings (SSSR count). The monoisotopic (exact) mass is 984 g/mol. The fourth-order valence-electron chi connectivity index (χ4n) is 9.63. The summed E-state index contributed by atoms with van der Waals surface area (Å²) in [5.74, 6) is -0.137. The highest BCUT2D eigenvalue weighted by molar-refractivity contribution is 5.76. The summed E-state index contributed by atoms with van der Waals surface area (Å²) in [6.45, 7) is 4.90. The summed E-state index contributed by atoms with van der Waals surface area (Å²) in [6.07, 6.45) is 74.5. The van der Waals surface area contributed by atoms with E-state index < -0.39 is 12.1 Å². The van der Waals surface area contributed by atoms with Crippen LogP contribution in [0.1, 0.15) is 335 Å². The first-order valence-corrected chi connectivity index (χ1v) is 31.2. The van der Waals surface area contributed by atoms with Crippen molar-refractivity contribution in [3.63, 3.8) is 0 Å². The first-order chi connectivity index (χ1) is 34.5. The molecule has 2 atom stereocenters. The third-order valence-electron chi connectivity index (χ3n) is 14.4. The molecule has 2 unspecified atom stereocenters. The van der Waals surface area contributed by atoms with Crippen LogP contribution < -0.4 is 5.32 Å². The van der Waals surface area contributed by atoms with Crippen LogP contribution >= 0.6 is 0 Å². The minimum absolute atomic E-state index is 0.0237. The lowest BCUT2D eigenvalue weighted by Gasteiger charge is -2.22. The number of allylic oxidation sites excluding steroid dienone is 6. The van der Waals surface area contributed by atoms with Crippen molar-refractivity contribution in [1.82, 2.24) is 5.32 Å². The molecule has 6 nitrogen and oxygen atoms in total. The van der Waals surface area contributed by atoms with Crippen LogP contribution in [-0.2, 0) is 14.3 Å². The Labute approximate surface area is 436 Å². The van der Waals surface area contributed by atoms with Crippen LogP contribution in [0, 0.1) is 0 Å². The molecule has 6 heteroatoms. The van der Waals surface area contributed by atoms with Crippen molar-refractivity contribution < 1.29 is 24.5 Å². The molecule has 0 aromatic heterocycles. The third kappa shape index (κ3) is 55.4. The maximum absolute atomic E-state index is 12.5. The maximum atomic E-state index is 12.5. The van der Waals surface area contributed by atoms with Crippen molar-refractivity contribution in [2.24, 2.45) is 0 Å². The zero-order valence-corrected chi connectivity index (χ0v) is 47.0. The minimum Gasteiger partial charge on any atom is -0.466 e. The van der Waals surface area contributed by atoms with Gasteiger partial charge in [-0.25, -0.2) is 0 Å². The largest absolute Gasteiger partial charge is 0.466 e. The smallest absolute Gasteiger partial charge is 0.305 e. The van der Waals surface area contributed by atoms with Gasteiger partial charge in [0.25, 0.3) is 0 Å². The number of aliphatic hydroxyl groups excluding tert-OH is 2. The number of esters is 1. The van der Waals surface area contributed by atoms with Gasteiger partial charge < -0.3 is 20.3 Å². The maximum Gasteiger partial charge on any atom is 0.305 e. The number of carbonyl (C=O) groups is 2. The van der Waals surface area contributed by atoms with Crippen molar-refractivity contribution in [1.29, 1.82) is 0 Å². The number of hydrogen-bond donors (Lipinski definition) is 3. The van der Waals surface area contributed by atoms with E-state index in [0.717, 1.165) is 51.4 Å². The Morgan fingerprint density at radius 1 is 0.400 bits per heavy atom. The molecule has 0 radical (unpaired) electrons. The molecular formula is C64H121NO5. The Kier molecular flexibility index (Phi) is 58.0. The molecule has 0 fully saturated rings. The summed E-state index contributed by atoms with van der Waals surface area (Å²) in [4.78, 5) is 24.5. The summed E-state index contributed by atoms with van der Waals surface area (Å²) in [6, 6.07) is -0.587. The molecule has 0 spiro atoms. The molecule has 0 heterocycles. The van der Waals surface area contributed by atoms with E-state index in [1.54, 1.807) is 0 Å². The number of aliphatic hydroxyl groups is 2. The number of unbranched alkanes of at least 4 members (excludes halogenated alkanes) is 41. The van der Waals surface area contributed by atoms with Crippen LogP contribution in [0.4, 0.5) is 0 Å². The van der Waals surface area contributed by atoms with Crippen LogP contribution in [0.15, 0.2) is 36.5 Å². The topological polar surface area (TPSA) is 95.9 Å². The Bertz CT molecular complexity index is 1130. The molecule has 0 aromatic rings. The standard InChI is InChI=1S/C64H121NO5/c1-3-5-7-9-11-13-15-17-19-21-22-23-24-25-26-27-28-29-32-36-40-44-48-52-56-62(67)61(60-66)65-63(68)57-53-49-45-41-37-33-31-35-39-43-47-51-55-59-70-64(69)58-54-50-46-42-38-34-30-20-18-16-14-12-10-8-6-4-2/h20,30,33,37,45,49,61-62,66-67H,3-19,21-29,31-32,34-36,38-44,46-48,50-60H2,1-2H3,(H,65,68)/b30-20-,37-33-,49-45-. The SMILES string of the molecule is CCCCCCCCC/C=C\CCCCCCCC(=O)OCCCCCCCC/C=C\C/C=C\CCC(=O)NC(CO)C(O)CCCCCCCCCCCCCCCCCCCCCCCCCC. The second-order valence-corrected chi connectivity index (χ2v) is 21.4. The number of carbonyl (C=O) groups excluding carboxylic acids is 2. The molecule has 0 aliphatic heterocycles. The zero-order chi connectivity index (χ0) is 50.7. The van der Waals surface area contributed by atoms with Gasteiger partial charge in [0.1, 0.15) is 0 Å². The highest BCUT2D eigenvalue weighted by atomic mass is 16.5. The number of amides is 1. The predicted molar refractivity (Wildman–Crippen MR) is 306 cm³/mol. The molecule has 0 saturated heterocycles. The summed E-state index contributed by atoms with van der Waals surface area (Å²) in [7, 11) is 0. The normalized spacial score (nSPS) is 12.8. The molecule has 412 valence electrons.